The first kappa shape index (κ1) is 13.5. The van der Waals surface area contributed by atoms with Crippen molar-refractivity contribution in [3.05, 3.63) is 17.0 Å². The molecule has 0 spiro atoms. The average molecular weight is 262 g/mol. The van der Waals surface area contributed by atoms with Crippen LogP contribution in [0.2, 0.25) is 5.15 Å². The molecule has 0 aliphatic heterocycles. The Balaban J connectivity index is 3.07. The molecular formula is C11H17Cl2N3. The highest BCUT2D eigenvalue weighted by molar-refractivity contribution is 6.31. The van der Waals surface area contributed by atoms with Gasteiger partial charge < -0.3 is 4.90 Å². The minimum Gasteiger partial charge on any atom is -0.356 e. The molecule has 0 amide bonds. The summed E-state index contributed by atoms with van der Waals surface area (Å²) in [5.74, 6) is 1.17. The molecule has 90 valence electrons. The lowest BCUT2D eigenvalue weighted by atomic mass is 10.1. The van der Waals surface area contributed by atoms with Gasteiger partial charge in [-0.3, -0.25) is 0 Å². The van der Waals surface area contributed by atoms with Crippen molar-refractivity contribution in [3.63, 3.8) is 0 Å². The Kier molecular flexibility index (Phi) is 5.29. The Labute approximate surface area is 107 Å². The number of aromatic nitrogens is 2. The smallest absolute Gasteiger partial charge is 0.138 e. The van der Waals surface area contributed by atoms with Gasteiger partial charge in [0.25, 0.3) is 0 Å². The van der Waals surface area contributed by atoms with Crippen LogP contribution >= 0.6 is 23.2 Å². The topological polar surface area (TPSA) is 29.0 Å². The van der Waals surface area contributed by atoms with Crippen LogP contribution in [0.25, 0.3) is 0 Å². The average Bonchev–Trinajstić information content (AvgIpc) is 2.30. The fraction of sp³-hybridized carbons (Fsp3) is 0.636. The van der Waals surface area contributed by atoms with E-state index in [1.807, 2.05) is 7.05 Å². The maximum atomic E-state index is 6.00. The molecule has 0 aromatic carbocycles. The monoisotopic (exact) mass is 261 g/mol. The summed E-state index contributed by atoms with van der Waals surface area (Å²) >= 11 is 11.9. The summed E-state index contributed by atoms with van der Waals surface area (Å²) in [6, 6.07) is 0.452. The number of hydrogen-bond donors (Lipinski definition) is 0. The standard InChI is InChI=1S/C11H17Cl2N3/c1-4-8(5-2)16(3)11-9(6-12)10(13)14-7-15-11/h7-8H,4-6H2,1-3H3. The second-order valence-electron chi connectivity index (χ2n) is 3.68. The fourth-order valence-corrected chi connectivity index (χ4v) is 2.32. The van der Waals surface area contributed by atoms with E-state index in [1.54, 1.807) is 0 Å². The van der Waals surface area contributed by atoms with E-state index in [0.717, 1.165) is 24.2 Å². The Morgan fingerprint density at radius 2 is 1.94 bits per heavy atom. The van der Waals surface area contributed by atoms with Crippen LogP contribution in [-0.2, 0) is 5.88 Å². The largest absolute Gasteiger partial charge is 0.356 e. The van der Waals surface area contributed by atoms with Gasteiger partial charge in [0.2, 0.25) is 0 Å². The molecule has 0 saturated carbocycles. The Bertz CT molecular complexity index is 340. The maximum Gasteiger partial charge on any atom is 0.138 e. The molecule has 1 aromatic heterocycles. The van der Waals surface area contributed by atoms with Crippen LogP contribution < -0.4 is 4.90 Å². The quantitative estimate of drug-likeness (QED) is 0.600. The normalized spacial score (nSPS) is 10.9. The Morgan fingerprint density at radius 1 is 1.31 bits per heavy atom. The zero-order valence-electron chi connectivity index (χ0n) is 9.87. The van der Waals surface area contributed by atoms with E-state index >= 15 is 0 Å². The lowest BCUT2D eigenvalue weighted by molar-refractivity contribution is 0.585. The second-order valence-corrected chi connectivity index (χ2v) is 4.31. The van der Waals surface area contributed by atoms with E-state index < -0.39 is 0 Å². The molecule has 5 heteroatoms. The minimum atomic E-state index is 0.333. The van der Waals surface area contributed by atoms with Crippen molar-refractivity contribution in [1.82, 2.24) is 9.97 Å². The molecule has 16 heavy (non-hydrogen) atoms. The lowest BCUT2D eigenvalue weighted by Gasteiger charge is -2.28. The zero-order chi connectivity index (χ0) is 12.1. The summed E-state index contributed by atoms with van der Waals surface area (Å²) in [6.07, 6.45) is 3.61. The van der Waals surface area contributed by atoms with Crippen molar-refractivity contribution in [2.75, 3.05) is 11.9 Å². The van der Waals surface area contributed by atoms with Crippen molar-refractivity contribution in [3.8, 4) is 0 Å². The van der Waals surface area contributed by atoms with Gasteiger partial charge in [0, 0.05) is 18.7 Å². The molecule has 0 bridgehead atoms. The van der Waals surface area contributed by atoms with Gasteiger partial charge in [-0.25, -0.2) is 9.97 Å². The number of anilines is 1. The first-order valence-corrected chi connectivity index (χ1v) is 6.35. The zero-order valence-corrected chi connectivity index (χ0v) is 11.4. The molecular weight excluding hydrogens is 245 g/mol. The summed E-state index contributed by atoms with van der Waals surface area (Å²) in [6.45, 7) is 4.32. The molecule has 0 saturated heterocycles. The third-order valence-corrected chi connectivity index (χ3v) is 3.42. The van der Waals surface area contributed by atoms with Gasteiger partial charge in [0.15, 0.2) is 0 Å². The fourth-order valence-electron chi connectivity index (χ4n) is 1.81. The van der Waals surface area contributed by atoms with Gasteiger partial charge in [0.05, 0.1) is 5.88 Å². The summed E-state index contributed by atoms with van der Waals surface area (Å²) in [4.78, 5) is 10.4. The highest BCUT2D eigenvalue weighted by Crippen LogP contribution is 2.26. The molecule has 1 aromatic rings. The van der Waals surface area contributed by atoms with Gasteiger partial charge >= 0.3 is 0 Å². The van der Waals surface area contributed by atoms with E-state index in [0.29, 0.717) is 17.1 Å². The summed E-state index contributed by atoms with van der Waals surface area (Å²) in [7, 11) is 2.02. The third kappa shape index (κ3) is 2.77. The first-order valence-electron chi connectivity index (χ1n) is 5.43. The molecule has 0 unspecified atom stereocenters. The predicted octanol–water partition coefficient (Wildman–Crippen LogP) is 3.49. The molecule has 0 aliphatic rings. The lowest BCUT2D eigenvalue weighted by Crippen LogP contribution is -2.32. The molecule has 0 aliphatic carbocycles. The molecule has 0 atom stereocenters. The van der Waals surface area contributed by atoms with E-state index in [1.165, 1.54) is 6.33 Å². The molecule has 0 radical (unpaired) electrons. The van der Waals surface area contributed by atoms with Gasteiger partial charge in [-0.2, -0.15) is 0 Å². The number of alkyl halides is 1. The number of rotatable bonds is 5. The first-order chi connectivity index (χ1) is 7.65. The molecule has 1 rings (SSSR count). The van der Waals surface area contributed by atoms with Gasteiger partial charge in [-0.15, -0.1) is 11.6 Å². The number of halogens is 2. The summed E-state index contributed by atoms with van der Waals surface area (Å²) in [5.41, 5.74) is 0.806. The van der Waals surface area contributed by atoms with Crippen LogP contribution in [-0.4, -0.2) is 23.1 Å². The van der Waals surface area contributed by atoms with Crippen LogP contribution in [0, 0.1) is 0 Å². The van der Waals surface area contributed by atoms with Crippen LogP contribution in [0.4, 0.5) is 5.82 Å². The third-order valence-electron chi connectivity index (χ3n) is 2.83. The van der Waals surface area contributed by atoms with E-state index in [9.17, 15) is 0 Å². The predicted molar refractivity (Wildman–Crippen MR) is 69.4 cm³/mol. The second kappa shape index (κ2) is 6.26. The van der Waals surface area contributed by atoms with Crippen molar-refractivity contribution in [2.45, 2.75) is 38.6 Å². The van der Waals surface area contributed by atoms with Crippen molar-refractivity contribution < 1.29 is 0 Å². The molecule has 3 nitrogen and oxygen atoms in total. The highest BCUT2D eigenvalue weighted by atomic mass is 35.5. The van der Waals surface area contributed by atoms with Gasteiger partial charge in [-0.1, -0.05) is 25.4 Å². The van der Waals surface area contributed by atoms with Crippen LogP contribution in [0.3, 0.4) is 0 Å². The van der Waals surface area contributed by atoms with Crippen LogP contribution in [0.5, 0.6) is 0 Å². The minimum absolute atomic E-state index is 0.333. The summed E-state index contributed by atoms with van der Waals surface area (Å²) in [5, 5.41) is 0.442. The Hall–Kier alpha value is -0.540. The van der Waals surface area contributed by atoms with Gasteiger partial charge in [0.1, 0.15) is 17.3 Å². The van der Waals surface area contributed by atoms with Crippen molar-refractivity contribution in [2.24, 2.45) is 0 Å². The Morgan fingerprint density at radius 3 is 2.44 bits per heavy atom. The SMILES string of the molecule is CCC(CC)N(C)c1ncnc(Cl)c1CCl. The van der Waals surface area contributed by atoms with E-state index in [2.05, 4.69) is 28.7 Å². The molecule has 0 N–H and O–H groups in total. The summed E-state index contributed by atoms with van der Waals surface area (Å²) < 4.78 is 0. The van der Waals surface area contributed by atoms with E-state index in [-0.39, 0.29) is 0 Å². The molecule has 0 fully saturated rings. The number of nitrogens with zero attached hydrogens (tertiary/aromatic N) is 3. The molecule has 1 heterocycles. The highest BCUT2D eigenvalue weighted by Gasteiger charge is 2.17. The van der Waals surface area contributed by atoms with Crippen LogP contribution in [0.1, 0.15) is 32.3 Å². The van der Waals surface area contributed by atoms with Crippen molar-refractivity contribution >= 4 is 29.0 Å². The van der Waals surface area contributed by atoms with Crippen molar-refractivity contribution in [1.29, 1.82) is 0 Å². The van der Waals surface area contributed by atoms with E-state index in [4.69, 9.17) is 23.2 Å². The number of hydrogen-bond acceptors (Lipinski definition) is 3. The van der Waals surface area contributed by atoms with Gasteiger partial charge in [-0.05, 0) is 12.8 Å². The maximum absolute atomic E-state index is 6.00. The van der Waals surface area contributed by atoms with Crippen LogP contribution in [0.15, 0.2) is 6.33 Å².